The SMILES string of the molecule is O=[N+]([O-])c1ccc2c3ccc([N+](=O)[O-])cc3[se+](C(F)(F)C(F)(F)C(F)(F)F)c2c1. The van der Waals surface area contributed by atoms with Crippen molar-refractivity contribution in [3.63, 3.8) is 0 Å². The molecule has 0 aliphatic heterocycles. The van der Waals surface area contributed by atoms with E-state index in [1.54, 1.807) is 0 Å². The van der Waals surface area contributed by atoms with E-state index >= 15 is 0 Å². The van der Waals surface area contributed by atoms with Gasteiger partial charge in [0.1, 0.15) is 0 Å². The van der Waals surface area contributed by atoms with Gasteiger partial charge >= 0.3 is 158 Å². The first-order valence-corrected chi connectivity index (χ1v) is 9.91. The van der Waals surface area contributed by atoms with Crippen LogP contribution in [0.25, 0.3) is 19.3 Å². The Morgan fingerprint density at radius 3 is 1.41 bits per heavy atom. The van der Waals surface area contributed by atoms with Crippen LogP contribution >= 0.6 is 0 Å². The van der Waals surface area contributed by atoms with Crippen molar-refractivity contribution in [3.05, 3.63) is 56.6 Å². The van der Waals surface area contributed by atoms with Crippen molar-refractivity contribution in [2.24, 2.45) is 0 Å². The summed E-state index contributed by atoms with van der Waals surface area (Å²) in [6, 6.07) is 4.68. The van der Waals surface area contributed by atoms with Crippen molar-refractivity contribution in [1.29, 1.82) is 0 Å². The van der Waals surface area contributed by atoms with Crippen molar-refractivity contribution < 1.29 is 40.6 Å². The Hall–Kier alpha value is -2.73. The van der Waals surface area contributed by atoms with E-state index < -0.39 is 60.1 Å². The van der Waals surface area contributed by atoms with E-state index in [2.05, 4.69) is 0 Å². The molecule has 0 radical (unpaired) electrons. The van der Waals surface area contributed by atoms with Crippen LogP contribution in [0.3, 0.4) is 0 Å². The zero-order chi connectivity index (χ0) is 21.9. The van der Waals surface area contributed by atoms with Crippen molar-refractivity contribution >= 4 is 44.1 Å². The summed E-state index contributed by atoms with van der Waals surface area (Å²) in [5, 5.41) is 21.5. The molecule has 14 heteroatoms. The number of fused-ring (bicyclic) bond motifs is 3. The molecule has 0 unspecified atom stereocenters. The first kappa shape index (κ1) is 21.0. The molecule has 1 aromatic heterocycles. The Morgan fingerprint density at radius 1 is 0.724 bits per heavy atom. The Labute approximate surface area is 158 Å². The molecular weight excluding hydrogens is 484 g/mol. The van der Waals surface area contributed by atoms with Crippen molar-refractivity contribution in [1.82, 2.24) is 0 Å². The van der Waals surface area contributed by atoms with E-state index in [0.717, 1.165) is 24.3 Å². The van der Waals surface area contributed by atoms with Gasteiger partial charge in [0, 0.05) is 0 Å². The van der Waals surface area contributed by atoms with E-state index in [9.17, 15) is 51.0 Å². The summed E-state index contributed by atoms with van der Waals surface area (Å²) in [6.07, 6.45) is -6.61. The molecule has 0 spiro atoms. The molecule has 154 valence electrons. The monoisotopic (exact) mass is 491 g/mol. The van der Waals surface area contributed by atoms with Crippen LogP contribution in [0.4, 0.5) is 42.1 Å². The molecule has 0 aliphatic carbocycles. The quantitative estimate of drug-likeness (QED) is 0.215. The summed E-state index contributed by atoms with van der Waals surface area (Å²) in [6.45, 7) is 0. The first-order valence-electron chi connectivity index (χ1n) is 7.34. The molecule has 0 amide bonds. The van der Waals surface area contributed by atoms with E-state index in [4.69, 9.17) is 0 Å². The number of nitrogens with zero attached hydrogens (tertiary/aromatic N) is 2. The van der Waals surface area contributed by atoms with Gasteiger partial charge in [-0.1, -0.05) is 0 Å². The van der Waals surface area contributed by atoms with Crippen LogP contribution in [-0.4, -0.2) is 35.4 Å². The topological polar surface area (TPSA) is 86.3 Å². The average molecular weight is 490 g/mol. The predicted octanol–water partition coefficient (Wildman–Crippen LogP) is 5.30. The molecule has 2 aromatic carbocycles. The van der Waals surface area contributed by atoms with Gasteiger partial charge in [0.2, 0.25) is 0 Å². The Kier molecular flexibility index (Phi) is 4.62. The van der Waals surface area contributed by atoms with E-state index in [1.807, 2.05) is 0 Å². The van der Waals surface area contributed by atoms with Gasteiger partial charge < -0.3 is 0 Å². The number of rotatable bonds is 4. The second kappa shape index (κ2) is 6.39. The third kappa shape index (κ3) is 3.02. The number of benzene rings is 2. The Bertz CT molecular complexity index is 1100. The number of non-ortho nitro benzene ring substituents is 2. The van der Waals surface area contributed by atoms with Crippen molar-refractivity contribution in [2.75, 3.05) is 0 Å². The zero-order valence-electron chi connectivity index (χ0n) is 13.5. The van der Waals surface area contributed by atoms with Gasteiger partial charge in [0.25, 0.3) is 0 Å². The second-order valence-corrected chi connectivity index (χ2v) is 9.98. The van der Waals surface area contributed by atoms with Crippen LogP contribution in [0.5, 0.6) is 0 Å². The molecule has 6 nitrogen and oxygen atoms in total. The summed E-state index contributed by atoms with van der Waals surface area (Å²) in [4.78, 5) is 14.2. The molecule has 0 saturated heterocycles. The van der Waals surface area contributed by atoms with E-state index in [0.29, 0.717) is 12.1 Å². The van der Waals surface area contributed by atoms with Gasteiger partial charge in [0.15, 0.2) is 0 Å². The maximum atomic E-state index is 14.7. The van der Waals surface area contributed by atoms with Crippen LogP contribution in [0.15, 0.2) is 36.4 Å². The average Bonchev–Trinajstić information content (AvgIpc) is 2.93. The van der Waals surface area contributed by atoms with Gasteiger partial charge in [0.05, 0.1) is 0 Å². The number of alkyl halides is 7. The molecule has 0 atom stereocenters. The standard InChI is InChI=1S/C15H6F7N2O4Se/c16-13(17,14(18,19)20)15(21,22)29-11-5-7(23(25)26)1-3-9(11)10-4-2-8(24(27)28)6-12(10)29/h1-6H/q+1. The zero-order valence-corrected chi connectivity index (χ0v) is 15.3. The molecule has 0 N–H and O–H groups in total. The van der Waals surface area contributed by atoms with Crippen molar-refractivity contribution in [3.8, 4) is 0 Å². The van der Waals surface area contributed by atoms with Crippen LogP contribution in [0.1, 0.15) is 0 Å². The van der Waals surface area contributed by atoms with Crippen LogP contribution in [-0.2, 0) is 4.82 Å². The number of halogens is 7. The fourth-order valence-corrected chi connectivity index (χ4v) is 7.83. The van der Waals surface area contributed by atoms with Gasteiger partial charge in [-0.05, 0) is 0 Å². The van der Waals surface area contributed by atoms with Gasteiger partial charge in [-0.3, -0.25) is 0 Å². The molecule has 29 heavy (non-hydrogen) atoms. The number of hydrogen-bond donors (Lipinski definition) is 0. The van der Waals surface area contributed by atoms with E-state index in [1.165, 1.54) is 0 Å². The predicted molar refractivity (Wildman–Crippen MR) is 87.5 cm³/mol. The van der Waals surface area contributed by atoms with E-state index in [-0.39, 0.29) is 10.8 Å². The molecule has 0 saturated carbocycles. The summed E-state index contributed by atoms with van der Waals surface area (Å²) < 4.78 is 93.6. The molecule has 1 heterocycles. The first-order chi connectivity index (χ1) is 13.2. The third-order valence-electron chi connectivity index (χ3n) is 4.06. The molecule has 0 fully saturated rings. The maximum absolute atomic E-state index is 14.7. The second-order valence-electron chi connectivity index (χ2n) is 5.77. The fourth-order valence-electron chi connectivity index (χ4n) is 2.72. The minimum atomic E-state index is -6.61. The molecular formula is C15H6F7N2O4Se+. The van der Waals surface area contributed by atoms with Gasteiger partial charge in [-0.15, -0.1) is 0 Å². The summed E-state index contributed by atoms with van der Waals surface area (Å²) >= 11 is -4.67. The summed E-state index contributed by atoms with van der Waals surface area (Å²) in [5.41, 5.74) is -1.57. The third-order valence-corrected chi connectivity index (χ3v) is 8.94. The normalized spacial score (nSPS) is 13.2. The molecule has 3 rings (SSSR count). The minimum absolute atomic E-state index is 0.205. The van der Waals surface area contributed by atoms with Crippen LogP contribution in [0, 0.1) is 20.2 Å². The fraction of sp³-hybridized carbons (Fsp3) is 0.200. The molecule has 0 bridgehead atoms. The summed E-state index contributed by atoms with van der Waals surface area (Å²) in [7, 11) is 0. The molecule has 3 aromatic rings. The number of nitro benzene ring substituents is 2. The van der Waals surface area contributed by atoms with Gasteiger partial charge in [-0.2, -0.15) is 0 Å². The summed E-state index contributed by atoms with van der Waals surface area (Å²) in [5.74, 6) is -6.46. The number of nitro groups is 2. The van der Waals surface area contributed by atoms with Crippen LogP contribution in [0.2, 0.25) is 0 Å². The molecule has 0 aliphatic rings. The van der Waals surface area contributed by atoms with Crippen LogP contribution < -0.4 is 0 Å². The van der Waals surface area contributed by atoms with Crippen molar-refractivity contribution in [2.45, 2.75) is 16.9 Å². The Balaban J connectivity index is 2.52. The van der Waals surface area contributed by atoms with Gasteiger partial charge in [-0.25, -0.2) is 0 Å². The number of hydrogen-bond acceptors (Lipinski definition) is 4. The Morgan fingerprint density at radius 2 is 1.10 bits per heavy atom.